The Bertz CT molecular complexity index is 1630. The number of hydrogen-bond donors (Lipinski definition) is 2. The van der Waals surface area contributed by atoms with Crippen LogP contribution >= 0.6 is 0 Å². The van der Waals surface area contributed by atoms with Gasteiger partial charge in [0.25, 0.3) is 0 Å². The number of nitrogen functional groups attached to an aromatic ring is 1. The number of aromatic nitrogens is 1. The molecular formula is C38H53N7O. The van der Waals surface area contributed by atoms with E-state index in [1.165, 1.54) is 16.6 Å². The molecule has 8 nitrogen and oxygen atoms in total. The minimum atomic E-state index is -0.280. The Labute approximate surface area is 275 Å². The molecule has 2 aliphatic rings. The second-order valence-corrected chi connectivity index (χ2v) is 13.1. The number of anilines is 4. The molecule has 246 valence electrons. The van der Waals surface area contributed by atoms with Gasteiger partial charge in [0.2, 0.25) is 5.91 Å². The first-order valence-electron chi connectivity index (χ1n) is 17.0. The number of carbonyl (C=O) groups is 1. The van der Waals surface area contributed by atoms with Gasteiger partial charge in [-0.2, -0.15) is 0 Å². The number of rotatable bonds is 14. The molecule has 3 N–H and O–H groups in total. The zero-order valence-corrected chi connectivity index (χ0v) is 28.8. The molecule has 0 bridgehead atoms. The van der Waals surface area contributed by atoms with Gasteiger partial charge in [0, 0.05) is 57.1 Å². The molecule has 0 radical (unpaired) electrons. The van der Waals surface area contributed by atoms with Gasteiger partial charge in [0.05, 0.1) is 28.2 Å². The number of hydrogen-bond acceptors (Lipinski definition) is 6. The van der Waals surface area contributed by atoms with Gasteiger partial charge in [-0.05, 0) is 82.0 Å². The van der Waals surface area contributed by atoms with Crippen molar-refractivity contribution in [2.24, 2.45) is 4.99 Å². The SMILES string of the molecule is C=CCC(N=C(/C=C\C)c1c(N2CCCC2=O)n2c3c(cccc13)CCC2)Nc1cc(N)c(N(C)CCN(C)C)cc1C(C)CC. The highest BCUT2D eigenvalue weighted by atomic mass is 16.2. The first-order chi connectivity index (χ1) is 22.2. The van der Waals surface area contributed by atoms with E-state index < -0.39 is 0 Å². The van der Waals surface area contributed by atoms with Crippen molar-refractivity contribution in [2.45, 2.75) is 77.9 Å². The topological polar surface area (TPSA) is 82.1 Å². The molecule has 8 heteroatoms. The third kappa shape index (κ3) is 6.73. The van der Waals surface area contributed by atoms with Crippen LogP contribution in [0.15, 0.2) is 60.1 Å². The Balaban J connectivity index is 1.62. The van der Waals surface area contributed by atoms with Crippen molar-refractivity contribution in [3.05, 3.63) is 71.8 Å². The quantitative estimate of drug-likeness (QED) is 0.113. The minimum absolute atomic E-state index is 0.192. The smallest absolute Gasteiger partial charge is 0.228 e. The van der Waals surface area contributed by atoms with Crippen LogP contribution in [-0.4, -0.2) is 68.0 Å². The number of nitrogens with one attached hydrogen (secondary N) is 1. The average Bonchev–Trinajstić information content (AvgIpc) is 3.61. The van der Waals surface area contributed by atoms with Crippen LogP contribution in [0, 0.1) is 0 Å². The number of nitrogens with two attached hydrogens (primary N) is 1. The van der Waals surface area contributed by atoms with E-state index in [1.807, 2.05) is 24.0 Å². The fourth-order valence-electron chi connectivity index (χ4n) is 6.90. The van der Waals surface area contributed by atoms with Gasteiger partial charge in [0.1, 0.15) is 12.0 Å². The van der Waals surface area contributed by atoms with Crippen molar-refractivity contribution < 1.29 is 4.79 Å². The molecule has 1 amide bonds. The maximum atomic E-state index is 13.2. The molecule has 1 saturated heterocycles. The fourth-order valence-corrected chi connectivity index (χ4v) is 6.90. The summed E-state index contributed by atoms with van der Waals surface area (Å²) in [6, 6.07) is 10.9. The third-order valence-corrected chi connectivity index (χ3v) is 9.52. The molecule has 3 heterocycles. The molecule has 1 fully saturated rings. The van der Waals surface area contributed by atoms with E-state index in [0.717, 1.165) is 91.4 Å². The van der Waals surface area contributed by atoms with Gasteiger partial charge in [0.15, 0.2) is 0 Å². The summed E-state index contributed by atoms with van der Waals surface area (Å²) in [5, 5.41) is 4.95. The number of allylic oxidation sites excluding steroid dienone is 2. The van der Waals surface area contributed by atoms with Crippen LogP contribution in [0.1, 0.15) is 75.5 Å². The number of benzene rings is 2. The van der Waals surface area contributed by atoms with Crippen LogP contribution < -0.4 is 20.9 Å². The molecule has 2 unspecified atom stereocenters. The summed E-state index contributed by atoms with van der Waals surface area (Å²) >= 11 is 0. The van der Waals surface area contributed by atoms with Crippen LogP contribution in [0.3, 0.4) is 0 Å². The van der Waals surface area contributed by atoms with Crippen molar-refractivity contribution in [3.63, 3.8) is 0 Å². The van der Waals surface area contributed by atoms with Crippen molar-refractivity contribution in [2.75, 3.05) is 61.6 Å². The van der Waals surface area contributed by atoms with E-state index in [-0.39, 0.29) is 12.1 Å². The normalized spacial score (nSPS) is 16.5. The number of carbonyl (C=O) groups excluding carboxylic acids is 1. The van der Waals surface area contributed by atoms with E-state index in [9.17, 15) is 4.79 Å². The van der Waals surface area contributed by atoms with Crippen molar-refractivity contribution in [3.8, 4) is 0 Å². The molecule has 46 heavy (non-hydrogen) atoms. The number of amides is 1. The van der Waals surface area contributed by atoms with E-state index >= 15 is 0 Å². The van der Waals surface area contributed by atoms with Gasteiger partial charge in [-0.15, -0.1) is 6.58 Å². The van der Waals surface area contributed by atoms with Crippen LogP contribution in [0.4, 0.5) is 22.9 Å². The van der Waals surface area contributed by atoms with E-state index in [0.29, 0.717) is 18.8 Å². The zero-order valence-electron chi connectivity index (χ0n) is 28.8. The van der Waals surface area contributed by atoms with Gasteiger partial charge in [-0.25, -0.2) is 0 Å². The van der Waals surface area contributed by atoms with Crippen molar-refractivity contribution in [1.82, 2.24) is 9.47 Å². The summed E-state index contributed by atoms with van der Waals surface area (Å²) in [6.45, 7) is 14.1. The van der Waals surface area contributed by atoms with Gasteiger partial charge >= 0.3 is 0 Å². The monoisotopic (exact) mass is 623 g/mol. The number of aliphatic imine (C=N–C) groups is 1. The molecule has 1 aromatic heterocycles. The highest BCUT2D eigenvalue weighted by Crippen LogP contribution is 2.41. The predicted octanol–water partition coefficient (Wildman–Crippen LogP) is 7.19. The highest BCUT2D eigenvalue weighted by Gasteiger charge is 2.32. The predicted molar refractivity (Wildman–Crippen MR) is 197 cm³/mol. The second-order valence-electron chi connectivity index (χ2n) is 13.1. The van der Waals surface area contributed by atoms with Gasteiger partial charge < -0.3 is 25.4 Å². The first-order valence-corrected chi connectivity index (χ1v) is 17.0. The zero-order chi connectivity index (χ0) is 33.0. The van der Waals surface area contributed by atoms with Crippen molar-refractivity contribution >= 4 is 45.4 Å². The third-order valence-electron chi connectivity index (χ3n) is 9.52. The summed E-state index contributed by atoms with van der Waals surface area (Å²) in [6.07, 6.45) is 11.0. The molecule has 2 aromatic carbocycles. The maximum absolute atomic E-state index is 13.2. The summed E-state index contributed by atoms with van der Waals surface area (Å²) in [5.41, 5.74) is 15.3. The lowest BCUT2D eigenvalue weighted by molar-refractivity contribution is -0.117. The highest BCUT2D eigenvalue weighted by molar-refractivity contribution is 6.22. The molecule has 2 aliphatic heterocycles. The Kier molecular flexibility index (Phi) is 10.6. The lowest BCUT2D eigenvalue weighted by Crippen LogP contribution is -2.29. The molecule has 2 atom stereocenters. The maximum Gasteiger partial charge on any atom is 0.228 e. The van der Waals surface area contributed by atoms with E-state index in [2.05, 4.69) is 97.7 Å². The van der Waals surface area contributed by atoms with Crippen molar-refractivity contribution in [1.29, 1.82) is 0 Å². The molecule has 5 rings (SSSR count). The fraction of sp³-hybridized carbons (Fsp3) is 0.474. The summed E-state index contributed by atoms with van der Waals surface area (Å²) in [5.74, 6) is 1.52. The average molecular weight is 624 g/mol. The molecule has 3 aromatic rings. The Morgan fingerprint density at radius 3 is 2.61 bits per heavy atom. The van der Waals surface area contributed by atoms with Crippen LogP contribution in [0.25, 0.3) is 10.9 Å². The Morgan fingerprint density at radius 1 is 1.15 bits per heavy atom. The largest absolute Gasteiger partial charge is 0.397 e. The van der Waals surface area contributed by atoms with Crippen LogP contribution in [-0.2, 0) is 17.8 Å². The van der Waals surface area contributed by atoms with E-state index in [1.54, 1.807) is 0 Å². The summed E-state index contributed by atoms with van der Waals surface area (Å²) in [7, 11) is 6.29. The Hall–Kier alpha value is -4.04. The number of para-hydroxylation sites is 1. The van der Waals surface area contributed by atoms with E-state index in [4.69, 9.17) is 10.7 Å². The van der Waals surface area contributed by atoms with Crippen LogP contribution in [0.2, 0.25) is 0 Å². The summed E-state index contributed by atoms with van der Waals surface area (Å²) < 4.78 is 2.38. The molecule has 0 spiro atoms. The Morgan fingerprint density at radius 2 is 1.93 bits per heavy atom. The van der Waals surface area contributed by atoms with Gasteiger partial charge in [-0.1, -0.05) is 44.2 Å². The lowest BCUT2D eigenvalue weighted by atomic mass is 9.95. The standard InChI is InChI=1S/C38H53N7O/c1-8-14-31(36-28-18-11-16-27-17-12-21-45(37(27)28)38(36)44-20-13-19-35(44)46)40-34(15-9-2)41-32-25-30(39)33(24-29(32)26(4)10-3)43(7)23-22-42(5)6/h8-9,11,14,16,18,24-26,34,41H,2,10,12-13,15,17,19-23,39H2,1,3-7H3/b14-8-,40-31?. The number of likely N-dealkylation sites (N-methyl/N-ethyl adjacent to an activating group) is 2. The summed E-state index contributed by atoms with van der Waals surface area (Å²) in [4.78, 5) is 25.1. The molecule has 0 aliphatic carbocycles. The first kappa shape index (κ1) is 33.3. The molecular weight excluding hydrogens is 570 g/mol. The molecule has 0 saturated carbocycles. The van der Waals surface area contributed by atoms with Crippen LogP contribution in [0.5, 0.6) is 0 Å². The number of aryl methyl sites for hydroxylation is 2. The number of nitrogens with zero attached hydrogens (tertiary/aromatic N) is 5. The lowest BCUT2D eigenvalue weighted by Gasteiger charge is -2.27. The second kappa shape index (κ2) is 14.6. The minimum Gasteiger partial charge on any atom is -0.397 e. The van der Waals surface area contributed by atoms with Gasteiger partial charge in [-0.3, -0.25) is 14.7 Å².